The minimum absolute atomic E-state index is 0.139. The van der Waals surface area contributed by atoms with Gasteiger partial charge in [0, 0.05) is 6.20 Å². The molecule has 0 saturated carbocycles. The fraction of sp³-hybridized carbons (Fsp3) is 0.250. The molecule has 0 spiro atoms. The summed E-state index contributed by atoms with van der Waals surface area (Å²) in [6.07, 6.45) is 7.99. The Kier molecular flexibility index (Phi) is 1.46. The maximum atomic E-state index is 10.5. The lowest BCUT2D eigenvalue weighted by Crippen LogP contribution is -2.27. The number of hydrogen-bond acceptors (Lipinski definition) is 3. The SMILES string of the molecule is O=C(O)C1=CC2CC=CN2C=N1. The fourth-order valence-corrected chi connectivity index (χ4v) is 1.31. The second kappa shape index (κ2) is 2.48. The van der Waals surface area contributed by atoms with Crippen LogP contribution >= 0.6 is 0 Å². The number of aliphatic imine (C=N–C) groups is 1. The van der Waals surface area contributed by atoms with Gasteiger partial charge in [0.1, 0.15) is 5.70 Å². The number of aliphatic carboxylic acids is 1. The topological polar surface area (TPSA) is 52.9 Å². The average molecular weight is 164 g/mol. The Morgan fingerprint density at radius 3 is 3.33 bits per heavy atom. The molecule has 1 atom stereocenters. The van der Waals surface area contributed by atoms with E-state index in [2.05, 4.69) is 4.99 Å². The number of fused-ring (bicyclic) bond motifs is 1. The molecule has 0 bridgehead atoms. The van der Waals surface area contributed by atoms with Gasteiger partial charge in [0.2, 0.25) is 0 Å². The molecule has 2 aliphatic rings. The van der Waals surface area contributed by atoms with Crippen molar-refractivity contribution in [2.75, 3.05) is 0 Å². The molecule has 0 aromatic carbocycles. The lowest BCUT2D eigenvalue weighted by molar-refractivity contribution is -0.132. The van der Waals surface area contributed by atoms with E-state index < -0.39 is 5.97 Å². The van der Waals surface area contributed by atoms with Crippen molar-refractivity contribution in [3.8, 4) is 0 Å². The minimum Gasteiger partial charge on any atom is -0.477 e. The van der Waals surface area contributed by atoms with Crippen LogP contribution in [0.3, 0.4) is 0 Å². The van der Waals surface area contributed by atoms with Crippen molar-refractivity contribution in [3.05, 3.63) is 24.0 Å². The van der Waals surface area contributed by atoms with Crippen LogP contribution in [0.1, 0.15) is 6.42 Å². The van der Waals surface area contributed by atoms with Crippen molar-refractivity contribution in [2.24, 2.45) is 4.99 Å². The van der Waals surface area contributed by atoms with E-state index in [-0.39, 0.29) is 11.7 Å². The van der Waals surface area contributed by atoms with Gasteiger partial charge in [0.25, 0.3) is 0 Å². The molecule has 0 radical (unpaired) electrons. The summed E-state index contributed by atoms with van der Waals surface area (Å²) in [6, 6.07) is 0.161. The number of carboxylic acid groups (broad SMARTS) is 1. The second-order valence-electron chi connectivity index (χ2n) is 2.74. The lowest BCUT2D eigenvalue weighted by Gasteiger charge is -2.21. The second-order valence-corrected chi connectivity index (χ2v) is 2.74. The average Bonchev–Trinajstić information content (AvgIpc) is 2.49. The standard InChI is InChI=1S/C8H8N2O2/c11-8(12)7-4-6-2-1-3-10(6)5-9-7/h1,3-6H,2H2,(H,11,12). The molecule has 2 heterocycles. The first kappa shape index (κ1) is 7.09. The lowest BCUT2D eigenvalue weighted by atomic mass is 10.2. The van der Waals surface area contributed by atoms with Crippen molar-refractivity contribution >= 4 is 12.3 Å². The number of carboxylic acids is 1. The van der Waals surface area contributed by atoms with E-state index in [0.29, 0.717) is 0 Å². The van der Waals surface area contributed by atoms with E-state index in [1.165, 1.54) is 0 Å². The summed E-state index contributed by atoms with van der Waals surface area (Å²) in [5.74, 6) is -0.960. The summed E-state index contributed by atoms with van der Waals surface area (Å²) in [5.41, 5.74) is 0.139. The molecule has 4 heteroatoms. The van der Waals surface area contributed by atoms with Gasteiger partial charge in [-0.05, 0) is 12.5 Å². The third-order valence-electron chi connectivity index (χ3n) is 1.94. The molecule has 2 aliphatic heterocycles. The normalized spacial score (nSPS) is 25.5. The first-order chi connectivity index (χ1) is 5.77. The Morgan fingerprint density at radius 1 is 1.75 bits per heavy atom. The first-order valence-electron chi connectivity index (χ1n) is 3.71. The van der Waals surface area contributed by atoms with E-state index in [9.17, 15) is 4.79 Å². The Bertz CT molecular complexity index is 304. The first-order valence-corrected chi connectivity index (χ1v) is 3.71. The fourth-order valence-electron chi connectivity index (χ4n) is 1.31. The van der Waals surface area contributed by atoms with Crippen LogP contribution in [-0.2, 0) is 4.79 Å². The van der Waals surface area contributed by atoms with E-state index in [1.54, 1.807) is 12.4 Å². The number of carbonyl (C=O) groups is 1. The van der Waals surface area contributed by atoms with Crippen LogP contribution in [0.25, 0.3) is 0 Å². The largest absolute Gasteiger partial charge is 0.477 e. The number of nitrogens with zero attached hydrogens (tertiary/aromatic N) is 2. The third kappa shape index (κ3) is 1.01. The van der Waals surface area contributed by atoms with Gasteiger partial charge >= 0.3 is 5.97 Å². The summed E-state index contributed by atoms with van der Waals surface area (Å²) in [6.45, 7) is 0. The molecule has 12 heavy (non-hydrogen) atoms. The molecule has 0 fully saturated rings. The zero-order chi connectivity index (χ0) is 8.55. The van der Waals surface area contributed by atoms with Gasteiger partial charge in [-0.25, -0.2) is 9.79 Å². The zero-order valence-corrected chi connectivity index (χ0v) is 6.34. The van der Waals surface area contributed by atoms with E-state index in [1.807, 2.05) is 17.2 Å². The van der Waals surface area contributed by atoms with E-state index in [4.69, 9.17) is 5.11 Å². The Labute approximate surface area is 69.5 Å². The monoisotopic (exact) mass is 164 g/mol. The molecule has 0 aromatic rings. The van der Waals surface area contributed by atoms with Crippen molar-refractivity contribution in [2.45, 2.75) is 12.5 Å². The number of hydrogen-bond donors (Lipinski definition) is 1. The Hall–Kier alpha value is -1.58. The van der Waals surface area contributed by atoms with Crippen LogP contribution in [0.15, 0.2) is 29.0 Å². The van der Waals surface area contributed by atoms with Crippen LogP contribution in [0.4, 0.5) is 0 Å². The highest BCUT2D eigenvalue weighted by Crippen LogP contribution is 2.19. The predicted molar refractivity (Wildman–Crippen MR) is 43.6 cm³/mol. The summed E-state index contributed by atoms with van der Waals surface area (Å²) < 4.78 is 0. The van der Waals surface area contributed by atoms with Gasteiger partial charge in [0.15, 0.2) is 0 Å². The molecule has 62 valence electrons. The molecule has 1 unspecified atom stereocenters. The summed E-state index contributed by atoms with van der Waals surface area (Å²) in [7, 11) is 0. The highest BCUT2D eigenvalue weighted by atomic mass is 16.4. The predicted octanol–water partition coefficient (Wildman–Crippen LogP) is 0.585. The maximum absolute atomic E-state index is 10.5. The minimum atomic E-state index is -0.960. The maximum Gasteiger partial charge on any atom is 0.354 e. The van der Waals surface area contributed by atoms with Crippen LogP contribution in [0, 0.1) is 0 Å². The third-order valence-corrected chi connectivity index (χ3v) is 1.94. The van der Waals surface area contributed by atoms with Crippen molar-refractivity contribution in [3.63, 3.8) is 0 Å². The van der Waals surface area contributed by atoms with Crippen LogP contribution in [0.2, 0.25) is 0 Å². The smallest absolute Gasteiger partial charge is 0.354 e. The van der Waals surface area contributed by atoms with Gasteiger partial charge in [-0.3, -0.25) is 0 Å². The van der Waals surface area contributed by atoms with E-state index in [0.717, 1.165) is 6.42 Å². The Morgan fingerprint density at radius 2 is 2.58 bits per heavy atom. The van der Waals surface area contributed by atoms with Gasteiger partial charge in [-0.2, -0.15) is 0 Å². The van der Waals surface area contributed by atoms with Gasteiger partial charge in [-0.1, -0.05) is 6.08 Å². The number of rotatable bonds is 1. The summed E-state index contributed by atoms with van der Waals surface area (Å²) >= 11 is 0. The zero-order valence-electron chi connectivity index (χ0n) is 6.34. The Balaban J connectivity index is 2.23. The van der Waals surface area contributed by atoms with Gasteiger partial charge in [0.05, 0.1) is 12.4 Å². The molecule has 1 N–H and O–H groups in total. The summed E-state index contributed by atoms with van der Waals surface area (Å²) in [4.78, 5) is 16.2. The van der Waals surface area contributed by atoms with E-state index >= 15 is 0 Å². The van der Waals surface area contributed by atoms with Gasteiger partial charge in [-0.15, -0.1) is 0 Å². The highest BCUT2D eigenvalue weighted by Gasteiger charge is 2.21. The molecule has 4 nitrogen and oxygen atoms in total. The molecular formula is C8H8N2O2. The van der Waals surface area contributed by atoms with Gasteiger partial charge < -0.3 is 10.0 Å². The van der Waals surface area contributed by atoms with Crippen molar-refractivity contribution in [1.29, 1.82) is 0 Å². The molecule has 0 aliphatic carbocycles. The van der Waals surface area contributed by atoms with Crippen LogP contribution in [-0.4, -0.2) is 28.4 Å². The molecule has 0 saturated heterocycles. The van der Waals surface area contributed by atoms with Crippen LogP contribution in [0.5, 0.6) is 0 Å². The highest BCUT2D eigenvalue weighted by molar-refractivity contribution is 5.89. The van der Waals surface area contributed by atoms with Crippen LogP contribution < -0.4 is 0 Å². The molecular weight excluding hydrogens is 156 g/mol. The van der Waals surface area contributed by atoms with Crippen molar-refractivity contribution < 1.29 is 9.90 Å². The molecule has 0 aromatic heterocycles. The van der Waals surface area contributed by atoms with Crippen molar-refractivity contribution in [1.82, 2.24) is 4.90 Å². The summed E-state index contributed by atoms with van der Waals surface area (Å²) in [5, 5.41) is 8.64. The molecule has 2 rings (SSSR count). The molecule has 0 amide bonds. The quantitative estimate of drug-likeness (QED) is 0.617.